The van der Waals surface area contributed by atoms with Gasteiger partial charge >= 0.3 is 0 Å². The quantitative estimate of drug-likeness (QED) is 0.262. The van der Waals surface area contributed by atoms with Crippen molar-refractivity contribution in [2.24, 2.45) is 0 Å². The van der Waals surface area contributed by atoms with Gasteiger partial charge < -0.3 is 5.32 Å². The molecule has 4 rings (SSSR count). The molecule has 0 aliphatic carbocycles. The Morgan fingerprint density at radius 1 is 0.765 bits per heavy atom. The van der Waals surface area contributed by atoms with E-state index in [9.17, 15) is 13.2 Å². The van der Waals surface area contributed by atoms with E-state index >= 15 is 0 Å². The average molecular weight is 509 g/mol. The number of hydrogen-bond donors (Lipinski definition) is 2. The summed E-state index contributed by atoms with van der Waals surface area (Å²) in [7, 11) is -3.68. The zero-order chi connectivity index (χ0) is 24.0. The molecule has 5 nitrogen and oxygen atoms in total. The van der Waals surface area contributed by atoms with Crippen molar-refractivity contribution in [3.05, 3.63) is 120 Å². The molecule has 172 valence electrons. The number of nitrogens with one attached hydrogen (secondary N) is 2. The first kappa shape index (κ1) is 23.9. The van der Waals surface area contributed by atoms with Crippen molar-refractivity contribution in [2.75, 3.05) is 10.0 Å². The van der Waals surface area contributed by atoms with Gasteiger partial charge in [0, 0.05) is 21.3 Å². The summed E-state index contributed by atoms with van der Waals surface area (Å²) in [6.07, 6.45) is 0. The van der Waals surface area contributed by atoms with Crippen molar-refractivity contribution >= 4 is 50.7 Å². The molecule has 8 heteroatoms. The monoisotopic (exact) mass is 508 g/mol. The van der Waals surface area contributed by atoms with Gasteiger partial charge in [0.25, 0.3) is 10.0 Å². The van der Waals surface area contributed by atoms with Gasteiger partial charge in [-0.15, -0.1) is 11.8 Å². The van der Waals surface area contributed by atoms with Crippen LogP contribution >= 0.6 is 23.4 Å². The van der Waals surface area contributed by atoms with Crippen LogP contribution in [0.5, 0.6) is 0 Å². The van der Waals surface area contributed by atoms with Crippen LogP contribution in [-0.4, -0.2) is 14.3 Å². The summed E-state index contributed by atoms with van der Waals surface area (Å²) in [6.45, 7) is 0. The highest BCUT2D eigenvalue weighted by molar-refractivity contribution is 8.00. The van der Waals surface area contributed by atoms with Gasteiger partial charge in [-0.05, 0) is 60.2 Å². The summed E-state index contributed by atoms with van der Waals surface area (Å²) in [4.78, 5) is 14.2. The molecule has 4 aromatic rings. The van der Waals surface area contributed by atoms with E-state index in [-0.39, 0.29) is 10.8 Å². The maximum absolute atomic E-state index is 13.2. The van der Waals surface area contributed by atoms with Crippen molar-refractivity contribution in [3.8, 4) is 0 Å². The molecule has 0 saturated heterocycles. The van der Waals surface area contributed by atoms with E-state index in [4.69, 9.17) is 11.6 Å². The van der Waals surface area contributed by atoms with Crippen LogP contribution in [0.2, 0.25) is 5.02 Å². The zero-order valence-electron chi connectivity index (χ0n) is 17.9. The fraction of sp³-hybridized carbons (Fsp3) is 0.0385. The van der Waals surface area contributed by atoms with Crippen molar-refractivity contribution in [1.29, 1.82) is 0 Å². The fourth-order valence-electron chi connectivity index (χ4n) is 3.23. The van der Waals surface area contributed by atoms with Crippen LogP contribution in [0.3, 0.4) is 0 Å². The molecule has 0 heterocycles. The van der Waals surface area contributed by atoms with E-state index in [0.717, 1.165) is 10.5 Å². The van der Waals surface area contributed by atoms with Crippen LogP contribution in [-0.2, 0) is 14.8 Å². The van der Waals surface area contributed by atoms with E-state index < -0.39 is 15.3 Å². The third kappa shape index (κ3) is 6.20. The number of anilines is 2. The molecular formula is C26H21ClN2O3S2. The second kappa shape index (κ2) is 10.8. The Balaban J connectivity index is 1.52. The number of thioether (sulfide) groups is 1. The third-order valence-corrected chi connectivity index (χ3v) is 7.75. The van der Waals surface area contributed by atoms with Crippen LogP contribution in [0.15, 0.2) is 119 Å². The molecule has 34 heavy (non-hydrogen) atoms. The summed E-state index contributed by atoms with van der Waals surface area (Å²) >= 11 is 7.42. The van der Waals surface area contributed by atoms with Crippen LogP contribution in [0, 0.1) is 0 Å². The summed E-state index contributed by atoms with van der Waals surface area (Å²) in [6, 6.07) is 31.6. The van der Waals surface area contributed by atoms with Crippen molar-refractivity contribution < 1.29 is 13.2 Å². The number of carbonyl (C=O) groups is 1. The molecule has 0 saturated carbocycles. The van der Waals surface area contributed by atoms with Gasteiger partial charge in [0.15, 0.2) is 0 Å². The van der Waals surface area contributed by atoms with Crippen LogP contribution in [0.4, 0.5) is 11.4 Å². The normalized spacial score (nSPS) is 12.0. The first-order chi connectivity index (χ1) is 16.4. The van der Waals surface area contributed by atoms with E-state index in [1.54, 1.807) is 66.7 Å². The van der Waals surface area contributed by atoms with Gasteiger partial charge in [0.05, 0.1) is 4.90 Å². The standard InChI is InChI=1S/C26H21ClN2O3S2/c27-20-10-7-11-22(18-20)28-26(30)25(19-8-3-1-4-9-19)33-23-16-14-21(15-17-23)29-34(31,32)24-12-5-2-6-13-24/h1-18,25,29H,(H,28,30). The molecule has 0 radical (unpaired) electrons. The Bertz CT molecular complexity index is 1360. The van der Waals surface area contributed by atoms with Gasteiger partial charge in [-0.3, -0.25) is 9.52 Å². The number of amides is 1. The van der Waals surface area contributed by atoms with Gasteiger partial charge in [-0.2, -0.15) is 0 Å². The average Bonchev–Trinajstić information content (AvgIpc) is 2.84. The van der Waals surface area contributed by atoms with E-state index in [0.29, 0.717) is 16.4 Å². The molecule has 0 aromatic heterocycles. The third-order valence-electron chi connectivity index (χ3n) is 4.85. The van der Waals surface area contributed by atoms with Crippen molar-refractivity contribution in [3.63, 3.8) is 0 Å². The second-order valence-electron chi connectivity index (χ2n) is 7.35. The van der Waals surface area contributed by atoms with Gasteiger partial charge in [0.2, 0.25) is 5.91 Å². The molecular weight excluding hydrogens is 488 g/mol. The zero-order valence-corrected chi connectivity index (χ0v) is 20.3. The predicted octanol–water partition coefficient (Wildman–Crippen LogP) is 6.61. The molecule has 0 aliphatic rings. The lowest BCUT2D eigenvalue weighted by atomic mass is 10.1. The highest BCUT2D eigenvalue weighted by Crippen LogP contribution is 2.37. The predicted molar refractivity (Wildman–Crippen MR) is 139 cm³/mol. The highest BCUT2D eigenvalue weighted by Gasteiger charge is 2.22. The lowest BCUT2D eigenvalue weighted by Crippen LogP contribution is -2.19. The number of rotatable bonds is 8. The number of hydrogen-bond acceptors (Lipinski definition) is 4. The Morgan fingerprint density at radius 3 is 2.06 bits per heavy atom. The van der Waals surface area contributed by atoms with Gasteiger partial charge in [0.1, 0.15) is 5.25 Å². The first-order valence-electron chi connectivity index (χ1n) is 10.4. The molecule has 1 atom stereocenters. The Kier molecular flexibility index (Phi) is 7.57. The molecule has 1 unspecified atom stereocenters. The van der Waals surface area contributed by atoms with Crippen molar-refractivity contribution in [2.45, 2.75) is 15.0 Å². The molecule has 2 N–H and O–H groups in total. The lowest BCUT2D eigenvalue weighted by Gasteiger charge is -2.17. The minimum Gasteiger partial charge on any atom is -0.325 e. The molecule has 4 aromatic carbocycles. The number of sulfonamides is 1. The summed E-state index contributed by atoms with van der Waals surface area (Å²) in [5.41, 5.74) is 1.90. The summed E-state index contributed by atoms with van der Waals surface area (Å²) < 4.78 is 27.7. The molecule has 0 fully saturated rings. The van der Waals surface area contributed by atoms with Crippen LogP contribution in [0.25, 0.3) is 0 Å². The largest absolute Gasteiger partial charge is 0.325 e. The molecule has 0 spiro atoms. The topological polar surface area (TPSA) is 75.3 Å². The smallest absolute Gasteiger partial charge is 0.261 e. The fourth-order valence-corrected chi connectivity index (χ4v) is 5.52. The maximum Gasteiger partial charge on any atom is 0.261 e. The summed E-state index contributed by atoms with van der Waals surface area (Å²) in [5.74, 6) is -0.188. The number of carbonyl (C=O) groups excluding carboxylic acids is 1. The SMILES string of the molecule is O=C(Nc1cccc(Cl)c1)C(Sc1ccc(NS(=O)(=O)c2ccccc2)cc1)c1ccccc1. The molecule has 1 amide bonds. The van der Waals surface area contributed by atoms with Crippen LogP contribution in [0.1, 0.15) is 10.8 Å². The van der Waals surface area contributed by atoms with E-state index in [1.807, 2.05) is 30.3 Å². The van der Waals surface area contributed by atoms with E-state index in [2.05, 4.69) is 10.0 Å². The lowest BCUT2D eigenvalue weighted by molar-refractivity contribution is -0.115. The van der Waals surface area contributed by atoms with Crippen LogP contribution < -0.4 is 10.0 Å². The molecule has 0 aliphatic heterocycles. The highest BCUT2D eigenvalue weighted by atomic mass is 35.5. The summed E-state index contributed by atoms with van der Waals surface area (Å²) in [5, 5.41) is 2.94. The molecule has 0 bridgehead atoms. The maximum atomic E-state index is 13.2. The Hall–Kier alpha value is -3.26. The van der Waals surface area contributed by atoms with Crippen molar-refractivity contribution in [1.82, 2.24) is 0 Å². The van der Waals surface area contributed by atoms with Gasteiger partial charge in [-0.1, -0.05) is 66.2 Å². The Labute approximate surface area is 208 Å². The number of benzene rings is 4. The second-order valence-corrected chi connectivity index (χ2v) is 10.6. The Morgan fingerprint density at radius 2 is 1.41 bits per heavy atom. The minimum atomic E-state index is -3.68. The van der Waals surface area contributed by atoms with E-state index in [1.165, 1.54) is 23.9 Å². The van der Waals surface area contributed by atoms with Gasteiger partial charge in [-0.25, -0.2) is 8.42 Å². The first-order valence-corrected chi connectivity index (χ1v) is 13.1. The number of halogens is 1. The minimum absolute atomic E-state index is 0.188.